The van der Waals surface area contributed by atoms with Crippen molar-refractivity contribution >= 4 is 34.9 Å². The van der Waals surface area contributed by atoms with Crippen molar-refractivity contribution in [2.75, 3.05) is 42.9 Å². The summed E-state index contributed by atoms with van der Waals surface area (Å²) in [6, 6.07) is -1.16. The lowest BCUT2D eigenvalue weighted by Gasteiger charge is -2.22. The van der Waals surface area contributed by atoms with E-state index in [1.165, 1.54) is 0 Å². The first-order valence-electron chi connectivity index (χ1n) is 15.2. The minimum atomic E-state index is -1.11. The van der Waals surface area contributed by atoms with E-state index < -0.39 is 24.3 Å². The van der Waals surface area contributed by atoms with Gasteiger partial charge in [-0.3, -0.25) is 4.79 Å². The zero-order chi connectivity index (χ0) is 30.0. The zero-order valence-corrected chi connectivity index (χ0v) is 25.1. The molecule has 3 amide bonds. The normalized spacial score (nSPS) is 27.9. The van der Waals surface area contributed by atoms with Crippen LogP contribution in [0, 0.1) is 5.41 Å². The van der Waals surface area contributed by atoms with Crippen LogP contribution in [0.3, 0.4) is 0 Å². The second kappa shape index (κ2) is 12.6. The first kappa shape index (κ1) is 30.2. The Bertz CT molecular complexity index is 1260. The average molecular weight is 587 g/mol. The zero-order valence-electron chi connectivity index (χ0n) is 25.1. The van der Waals surface area contributed by atoms with Crippen molar-refractivity contribution in [3.63, 3.8) is 0 Å². The first-order chi connectivity index (χ1) is 20.0. The number of aliphatic hydroxyl groups is 2. The Morgan fingerprint density at radius 3 is 2.60 bits per heavy atom. The Kier molecular flexibility index (Phi) is 9.04. The van der Waals surface area contributed by atoms with E-state index in [2.05, 4.69) is 57.2 Å². The van der Waals surface area contributed by atoms with E-state index >= 15 is 0 Å². The van der Waals surface area contributed by atoms with Crippen LogP contribution in [0.15, 0.2) is 6.33 Å². The fourth-order valence-electron chi connectivity index (χ4n) is 5.95. The number of aromatic nitrogens is 4. The Morgan fingerprint density at radius 2 is 1.88 bits per heavy atom. The third-order valence-electron chi connectivity index (χ3n) is 8.46. The van der Waals surface area contributed by atoms with Crippen LogP contribution in [0.5, 0.6) is 0 Å². The SMILES string of the molecule is CCC(=O)N[C@H]1CC(n2cnc3c(NCCC(C)(C)C)nc(N4CC[C@@H](NC(=O)N[C@H]5CCNC5)C4)nc32)[C@H](O)[C@@H]1O. The van der Waals surface area contributed by atoms with Gasteiger partial charge in [-0.05, 0) is 37.6 Å². The Morgan fingerprint density at radius 1 is 1.10 bits per heavy atom. The molecule has 2 aliphatic heterocycles. The number of urea groups is 1. The lowest BCUT2D eigenvalue weighted by molar-refractivity contribution is -0.122. The molecule has 14 nitrogen and oxygen atoms in total. The minimum absolute atomic E-state index is 0.0457. The molecule has 7 N–H and O–H groups in total. The van der Waals surface area contributed by atoms with Crippen molar-refractivity contribution in [3.05, 3.63) is 6.33 Å². The van der Waals surface area contributed by atoms with Crippen LogP contribution >= 0.6 is 0 Å². The summed E-state index contributed by atoms with van der Waals surface area (Å²) in [7, 11) is 0. The van der Waals surface area contributed by atoms with Crippen LogP contribution in [-0.4, -0.2) is 105 Å². The Labute approximate surface area is 246 Å². The van der Waals surface area contributed by atoms with Gasteiger partial charge < -0.3 is 46.3 Å². The first-order valence-corrected chi connectivity index (χ1v) is 15.2. The molecule has 0 radical (unpaired) electrons. The number of imidazole rings is 1. The standard InChI is InChI=1S/C28H46N10O4/c1-5-20(39)34-18-12-19(23(41)22(18)40)38-15-31-21-24(30-10-8-28(2,3)4)35-26(36-25(21)38)37-11-7-17(14-37)33-27(42)32-16-6-9-29-13-16/h15-19,22-23,29,40-41H,5-14H2,1-4H3,(H,34,39)(H,30,35,36)(H2,32,33,42)/t16-,17+,18-,19?,22+,23-/m0/s1. The number of carbonyl (C=O) groups excluding carboxylic acids is 2. The summed E-state index contributed by atoms with van der Waals surface area (Å²) in [5, 5.41) is 37.3. The Hall–Kier alpha value is -3.23. The van der Waals surface area contributed by atoms with Crippen LogP contribution in [0.25, 0.3) is 11.2 Å². The molecule has 3 fully saturated rings. The summed E-state index contributed by atoms with van der Waals surface area (Å²) < 4.78 is 1.79. The fraction of sp³-hybridized carbons (Fsp3) is 0.750. The monoisotopic (exact) mass is 586 g/mol. The molecule has 1 unspecified atom stereocenters. The van der Waals surface area contributed by atoms with Crippen molar-refractivity contribution in [1.82, 2.24) is 40.8 Å². The quantitative estimate of drug-likeness (QED) is 0.218. The lowest BCUT2D eigenvalue weighted by Crippen LogP contribution is -2.47. The van der Waals surface area contributed by atoms with Gasteiger partial charge in [0.15, 0.2) is 17.0 Å². The molecule has 2 saturated heterocycles. The molecule has 14 heteroatoms. The highest BCUT2D eigenvalue weighted by atomic mass is 16.3. The predicted molar refractivity (Wildman–Crippen MR) is 159 cm³/mol. The molecular formula is C28H46N10O4. The van der Waals surface area contributed by atoms with Gasteiger partial charge in [-0.2, -0.15) is 9.97 Å². The van der Waals surface area contributed by atoms with Gasteiger partial charge in [-0.25, -0.2) is 9.78 Å². The number of hydrogen-bond donors (Lipinski definition) is 7. The molecule has 0 bridgehead atoms. The maximum absolute atomic E-state index is 12.6. The molecule has 2 aromatic rings. The van der Waals surface area contributed by atoms with Crippen LogP contribution in [0.4, 0.5) is 16.6 Å². The third-order valence-corrected chi connectivity index (χ3v) is 8.46. The maximum atomic E-state index is 12.6. The number of fused-ring (bicyclic) bond motifs is 1. The van der Waals surface area contributed by atoms with E-state index in [0.29, 0.717) is 55.4 Å². The van der Waals surface area contributed by atoms with E-state index in [4.69, 9.17) is 9.97 Å². The van der Waals surface area contributed by atoms with E-state index in [1.54, 1.807) is 17.8 Å². The summed E-state index contributed by atoms with van der Waals surface area (Å²) in [6.07, 6.45) is 2.66. The molecular weight excluding hydrogens is 540 g/mol. The number of hydrogen-bond acceptors (Lipinski definition) is 10. The van der Waals surface area contributed by atoms with Gasteiger partial charge in [-0.1, -0.05) is 27.7 Å². The van der Waals surface area contributed by atoms with Crippen LogP contribution < -0.4 is 31.5 Å². The topological polar surface area (TPSA) is 182 Å². The number of rotatable bonds is 9. The molecule has 6 atom stereocenters. The van der Waals surface area contributed by atoms with Gasteiger partial charge in [0.1, 0.15) is 12.2 Å². The Balaban J connectivity index is 1.37. The molecule has 0 spiro atoms. The number of carbonyl (C=O) groups is 2. The van der Waals surface area contributed by atoms with Gasteiger partial charge in [0.2, 0.25) is 11.9 Å². The second-order valence-corrected chi connectivity index (χ2v) is 13.0. The van der Waals surface area contributed by atoms with Gasteiger partial charge in [0.05, 0.1) is 18.4 Å². The molecule has 3 aliphatic rings. The second-order valence-electron chi connectivity index (χ2n) is 13.0. The van der Waals surface area contributed by atoms with Crippen molar-refractivity contribution in [1.29, 1.82) is 0 Å². The van der Waals surface area contributed by atoms with Gasteiger partial charge in [-0.15, -0.1) is 0 Å². The summed E-state index contributed by atoms with van der Waals surface area (Å²) >= 11 is 0. The number of nitrogens with one attached hydrogen (secondary N) is 5. The molecule has 4 heterocycles. The maximum Gasteiger partial charge on any atom is 0.315 e. The molecule has 2 aromatic heterocycles. The number of nitrogens with zero attached hydrogens (tertiary/aromatic N) is 5. The van der Waals surface area contributed by atoms with Crippen molar-refractivity contribution in [3.8, 4) is 0 Å². The van der Waals surface area contributed by atoms with E-state index in [0.717, 1.165) is 32.4 Å². The van der Waals surface area contributed by atoms with E-state index in [-0.39, 0.29) is 29.4 Å². The fourth-order valence-corrected chi connectivity index (χ4v) is 5.95. The summed E-state index contributed by atoms with van der Waals surface area (Å²) in [5.74, 6) is 0.934. The van der Waals surface area contributed by atoms with Crippen molar-refractivity contribution in [2.24, 2.45) is 5.41 Å². The van der Waals surface area contributed by atoms with Crippen LogP contribution in [-0.2, 0) is 4.79 Å². The van der Waals surface area contributed by atoms with Gasteiger partial charge in [0, 0.05) is 44.7 Å². The third kappa shape index (κ3) is 6.87. The highest BCUT2D eigenvalue weighted by Gasteiger charge is 2.44. The smallest absolute Gasteiger partial charge is 0.315 e. The number of aliphatic hydroxyl groups excluding tert-OH is 2. The highest BCUT2D eigenvalue weighted by Crippen LogP contribution is 2.35. The van der Waals surface area contributed by atoms with Crippen molar-refractivity contribution < 1.29 is 19.8 Å². The van der Waals surface area contributed by atoms with Crippen LogP contribution in [0.2, 0.25) is 0 Å². The highest BCUT2D eigenvalue weighted by molar-refractivity contribution is 5.84. The number of amides is 3. The molecule has 232 valence electrons. The molecule has 1 saturated carbocycles. The molecule has 0 aromatic carbocycles. The van der Waals surface area contributed by atoms with Gasteiger partial charge >= 0.3 is 6.03 Å². The van der Waals surface area contributed by atoms with E-state index in [9.17, 15) is 19.8 Å². The van der Waals surface area contributed by atoms with E-state index in [1.807, 2.05) is 0 Å². The largest absolute Gasteiger partial charge is 0.388 e. The van der Waals surface area contributed by atoms with Crippen molar-refractivity contribution in [2.45, 2.75) is 96.2 Å². The molecule has 1 aliphatic carbocycles. The predicted octanol–water partition coefficient (Wildman–Crippen LogP) is 0.476. The summed E-state index contributed by atoms with van der Waals surface area (Å²) in [6.45, 7) is 11.9. The number of anilines is 2. The van der Waals surface area contributed by atoms with Crippen LogP contribution in [0.1, 0.15) is 65.8 Å². The summed E-state index contributed by atoms with van der Waals surface area (Å²) in [5.41, 5.74) is 1.25. The average Bonchev–Trinajstić information content (AvgIpc) is 3.74. The lowest BCUT2D eigenvalue weighted by atomic mass is 9.92. The minimum Gasteiger partial charge on any atom is -0.388 e. The molecule has 42 heavy (non-hydrogen) atoms. The van der Waals surface area contributed by atoms with Gasteiger partial charge in [0.25, 0.3) is 0 Å². The summed E-state index contributed by atoms with van der Waals surface area (Å²) in [4.78, 5) is 41.0. The molecule has 5 rings (SSSR count).